The van der Waals surface area contributed by atoms with Crippen molar-refractivity contribution < 1.29 is 13.9 Å². The number of benzene rings is 1. The molecule has 124 valence electrons. The number of rotatable bonds is 7. The Morgan fingerprint density at radius 1 is 1.43 bits per heavy atom. The van der Waals surface area contributed by atoms with E-state index in [2.05, 4.69) is 14.9 Å². The van der Waals surface area contributed by atoms with E-state index in [9.17, 15) is 9.18 Å². The molecule has 1 aromatic carbocycles. The maximum absolute atomic E-state index is 14.0. The van der Waals surface area contributed by atoms with E-state index >= 15 is 0 Å². The third-order valence-electron chi connectivity index (χ3n) is 3.73. The Labute approximate surface area is 139 Å². The minimum Gasteiger partial charge on any atom is -0.372 e. The lowest BCUT2D eigenvalue weighted by atomic mass is 9.95. The van der Waals surface area contributed by atoms with Gasteiger partial charge in [0.1, 0.15) is 16.3 Å². The molecule has 1 amide bonds. The summed E-state index contributed by atoms with van der Waals surface area (Å²) in [7, 11) is 1.50. The number of methoxy groups -OCH3 is 1. The fourth-order valence-electron chi connectivity index (χ4n) is 2.28. The highest BCUT2D eigenvalue weighted by Gasteiger charge is 2.30. The third kappa shape index (κ3) is 3.92. The lowest BCUT2D eigenvalue weighted by molar-refractivity contribution is 0.000412. The van der Waals surface area contributed by atoms with E-state index in [-0.39, 0.29) is 18.3 Å². The minimum absolute atomic E-state index is 0.146. The molecule has 5 nitrogen and oxygen atoms in total. The van der Waals surface area contributed by atoms with Crippen molar-refractivity contribution in [2.24, 2.45) is 0 Å². The highest BCUT2D eigenvalue weighted by atomic mass is 32.1. The Morgan fingerprint density at radius 2 is 2.17 bits per heavy atom. The molecule has 1 aromatic heterocycles. The van der Waals surface area contributed by atoms with Crippen molar-refractivity contribution in [1.29, 1.82) is 0 Å². The standard InChI is InChI=1S/C16H20FN3O2S/c1-4-7-13-14(23-20-19-13)15(21)18-10-16(2,22-3)11-8-5-6-9-12(11)17/h5-6,8-9H,4,7,10H2,1-3H3,(H,18,21)/t16-/m1/s1. The van der Waals surface area contributed by atoms with Gasteiger partial charge in [0.15, 0.2) is 0 Å². The van der Waals surface area contributed by atoms with Gasteiger partial charge in [-0.05, 0) is 30.9 Å². The molecule has 0 bridgehead atoms. The topological polar surface area (TPSA) is 64.1 Å². The predicted octanol–water partition coefficient (Wildman–Crippen LogP) is 2.92. The Balaban J connectivity index is 2.12. The maximum Gasteiger partial charge on any atom is 0.265 e. The molecule has 1 atom stereocenters. The van der Waals surface area contributed by atoms with Crippen LogP contribution in [-0.4, -0.2) is 29.1 Å². The molecule has 0 aliphatic heterocycles. The summed E-state index contributed by atoms with van der Waals surface area (Å²) < 4.78 is 23.3. The van der Waals surface area contributed by atoms with Crippen molar-refractivity contribution in [3.8, 4) is 0 Å². The van der Waals surface area contributed by atoms with Crippen LogP contribution in [0.25, 0.3) is 0 Å². The number of amides is 1. The molecule has 2 rings (SSSR count). The Kier molecular flexibility index (Phi) is 5.79. The van der Waals surface area contributed by atoms with E-state index in [0.717, 1.165) is 18.0 Å². The number of hydrogen-bond acceptors (Lipinski definition) is 5. The first-order chi connectivity index (χ1) is 11.0. The second-order valence-electron chi connectivity index (χ2n) is 5.40. The van der Waals surface area contributed by atoms with Gasteiger partial charge in [-0.1, -0.05) is 36.0 Å². The van der Waals surface area contributed by atoms with Gasteiger partial charge in [0.25, 0.3) is 5.91 Å². The molecule has 0 spiro atoms. The molecule has 2 aromatic rings. The molecule has 1 heterocycles. The Bertz CT molecular complexity index is 677. The molecule has 0 radical (unpaired) electrons. The van der Waals surface area contributed by atoms with Crippen LogP contribution in [0.15, 0.2) is 24.3 Å². The van der Waals surface area contributed by atoms with Crippen LogP contribution in [-0.2, 0) is 16.8 Å². The van der Waals surface area contributed by atoms with Crippen LogP contribution in [0.4, 0.5) is 4.39 Å². The number of carbonyl (C=O) groups excluding carboxylic acids is 1. The van der Waals surface area contributed by atoms with Crippen molar-refractivity contribution in [2.45, 2.75) is 32.3 Å². The fraction of sp³-hybridized carbons (Fsp3) is 0.438. The van der Waals surface area contributed by atoms with E-state index in [4.69, 9.17) is 4.74 Å². The van der Waals surface area contributed by atoms with Gasteiger partial charge in [-0.15, -0.1) is 5.10 Å². The van der Waals surface area contributed by atoms with Crippen LogP contribution in [0, 0.1) is 5.82 Å². The number of hydrogen-bond donors (Lipinski definition) is 1. The molecule has 0 aliphatic carbocycles. The van der Waals surface area contributed by atoms with Gasteiger partial charge < -0.3 is 10.1 Å². The zero-order valence-electron chi connectivity index (χ0n) is 13.4. The number of nitrogens with one attached hydrogen (secondary N) is 1. The highest BCUT2D eigenvalue weighted by molar-refractivity contribution is 7.08. The molecule has 1 N–H and O–H groups in total. The summed E-state index contributed by atoms with van der Waals surface area (Å²) in [6.45, 7) is 3.90. The van der Waals surface area contributed by atoms with Crippen LogP contribution in [0.5, 0.6) is 0 Å². The number of aromatic nitrogens is 2. The van der Waals surface area contributed by atoms with Gasteiger partial charge in [0, 0.05) is 12.7 Å². The zero-order valence-corrected chi connectivity index (χ0v) is 14.2. The monoisotopic (exact) mass is 337 g/mol. The Morgan fingerprint density at radius 3 is 2.83 bits per heavy atom. The second-order valence-corrected chi connectivity index (χ2v) is 6.15. The summed E-state index contributed by atoms with van der Waals surface area (Å²) in [5.74, 6) is -0.625. The van der Waals surface area contributed by atoms with Crippen molar-refractivity contribution in [3.05, 3.63) is 46.2 Å². The van der Waals surface area contributed by atoms with Crippen LogP contribution < -0.4 is 5.32 Å². The van der Waals surface area contributed by atoms with Crippen LogP contribution >= 0.6 is 11.5 Å². The summed E-state index contributed by atoms with van der Waals surface area (Å²) in [5.41, 5.74) is 0.142. The number of halogens is 1. The van der Waals surface area contributed by atoms with Gasteiger partial charge >= 0.3 is 0 Å². The molecule has 7 heteroatoms. The van der Waals surface area contributed by atoms with Gasteiger partial charge in [0.05, 0.1) is 12.2 Å². The van der Waals surface area contributed by atoms with Crippen molar-refractivity contribution in [1.82, 2.24) is 14.9 Å². The zero-order chi connectivity index (χ0) is 16.9. The fourth-order valence-corrected chi connectivity index (χ4v) is 2.90. The highest BCUT2D eigenvalue weighted by Crippen LogP contribution is 2.26. The smallest absolute Gasteiger partial charge is 0.265 e. The first-order valence-corrected chi connectivity index (χ1v) is 8.18. The molecule has 0 aliphatic rings. The second kappa shape index (κ2) is 7.61. The van der Waals surface area contributed by atoms with Crippen LogP contribution in [0.1, 0.15) is 41.2 Å². The van der Waals surface area contributed by atoms with Gasteiger partial charge in [-0.25, -0.2) is 4.39 Å². The van der Waals surface area contributed by atoms with Crippen molar-refractivity contribution in [3.63, 3.8) is 0 Å². The maximum atomic E-state index is 14.0. The number of nitrogens with zero attached hydrogens (tertiary/aromatic N) is 2. The summed E-state index contributed by atoms with van der Waals surface area (Å²) in [6.07, 6.45) is 1.59. The summed E-state index contributed by atoms with van der Waals surface area (Å²) in [5, 5.41) is 6.78. The average molecular weight is 337 g/mol. The Hall–Kier alpha value is -1.86. The van der Waals surface area contributed by atoms with Crippen LogP contribution in [0.3, 0.4) is 0 Å². The van der Waals surface area contributed by atoms with Crippen LogP contribution in [0.2, 0.25) is 0 Å². The molecule has 0 unspecified atom stereocenters. The molecule has 0 saturated heterocycles. The first kappa shape index (κ1) is 17.5. The summed E-state index contributed by atoms with van der Waals surface area (Å²) in [6, 6.07) is 6.39. The molecule has 23 heavy (non-hydrogen) atoms. The van der Waals surface area contributed by atoms with Crippen molar-refractivity contribution in [2.75, 3.05) is 13.7 Å². The van der Waals surface area contributed by atoms with E-state index < -0.39 is 5.60 Å². The molecule has 0 fully saturated rings. The van der Waals surface area contributed by atoms with E-state index in [0.29, 0.717) is 22.6 Å². The van der Waals surface area contributed by atoms with Crippen molar-refractivity contribution >= 4 is 17.4 Å². The lowest BCUT2D eigenvalue weighted by Gasteiger charge is -2.29. The number of ether oxygens (including phenoxy) is 1. The quantitative estimate of drug-likeness (QED) is 0.844. The van der Waals surface area contributed by atoms with E-state index in [1.165, 1.54) is 13.2 Å². The molecule has 0 saturated carbocycles. The first-order valence-electron chi connectivity index (χ1n) is 7.41. The number of carbonyl (C=O) groups is 1. The van der Waals surface area contributed by atoms with E-state index in [1.807, 2.05) is 6.92 Å². The predicted molar refractivity (Wildman–Crippen MR) is 87.0 cm³/mol. The van der Waals surface area contributed by atoms with E-state index in [1.54, 1.807) is 25.1 Å². The third-order valence-corrected chi connectivity index (χ3v) is 4.50. The summed E-state index contributed by atoms with van der Waals surface area (Å²) in [4.78, 5) is 12.8. The van der Waals surface area contributed by atoms with Gasteiger partial charge in [0.2, 0.25) is 0 Å². The molecular weight excluding hydrogens is 317 g/mol. The lowest BCUT2D eigenvalue weighted by Crippen LogP contribution is -2.40. The SMILES string of the molecule is CCCc1nnsc1C(=O)NC[C@@](C)(OC)c1ccccc1F. The number of aryl methyl sites for hydroxylation is 1. The normalized spacial score (nSPS) is 13.6. The summed E-state index contributed by atoms with van der Waals surface area (Å²) >= 11 is 1.07. The average Bonchev–Trinajstić information content (AvgIpc) is 3.01. The molecular formula is C16H20FN3O2S. The largest absolute Gasteiger partial charge is 0.372 e. The van der Waals surface area contributed by atoms with Gasteiger partial charge in [-0.2, -0.15) is 0 Å². The van der Waals surface area contributed by atoms with Gasteiger partial charge in [-0.3, -0.25) is 4.79 Å². The minimum atomic E-state index is -0.954.